The van der Waals surface area contributed by atoms with Crippen molar-refractivity contribution in [2.75, 3.05) is 0 Å². The van der Waals surface area contributed by atoms with Crippen molar-refractivity contribution < 1.29 is 17.2 Å². The molecule has 0 spiro atoms. The molecule has 0 unspecified atom stereocenters. The Morgan fingerprint density at radius 1 is 0.958 bits per heavy atom. The lowest BCUT2D eigenvalue weighted by Crippen LogP contribution is -2.29. The van der Waals surface area contributed by atoms with E-state index in [4.69, 9.17) is 4.42 Å². The first kappa shape index (κ1) is 16.4. The summed E-state index contributed by atoms with van der Waals surface area (Å²) in [4.78, 5) is 0.170. The molecule has 0 fully saturated rings. The van der Waals surface area contributed by atoms with Crippen LogP contribution >= 0.6 is 0 Å². The maximum atomic E-state index is 13.2. The summed E-state index contributed by atoms with van der Waals surface area (Å²) >= 11 is 0. The van der Waals surface area contributed by atoms with Crippen LogP contribution < -0.4 is 4.72 Å². The quantitative estimate of drug-likeness (QED) is 0.765. The van der Waals surface area contributed by atoms with Crippen LogP contribution in [0.2, 0.25) is 0 Å². The van der Waals surface area contributed by atoms with Gasteiger partial charge in [-0.15, -0.1) is 0 Å². The molecule has 2 aromatic carbocycles. The molecule has 4 nitrogen and oxygen atoms in total. The lowest BCUT2D eigenvalue weighted by Gasteiger charge is -2.18. The average molecular weight is 345 g/mol. The third-order valence-corrected chi connectivity index (χ3v) is 5.12. The Hall–Kier alpha value is -2.44. The summed E-state index contributed by atoms with van der Waals surface area (Å²) in [7, 11) is -3.75. The van der Waals surface area contributed by atoms with Crippen LogP contribution in [-0.4, -0.2) is 8.42 Å². The van der Waals surface area contributed by atoms with Crippen molar-refractivity contribution in [3.05, 3.63) is 89.6 Å². The summed E-state index contributed by atoms with van der Waals surface area (Å²) in [5.41, 5.74) is 2.23. The maximum absolute atomic E-state index is 13.2. The number of halogens is 1. The van der Waals surface area contributed by atoms with Gasteiger partial charge in [-0.1, -0.05) is 29.8 Å². The van der Waals surface area contributed by atoms with Crippen molar-refractivity contribution in [1.29, 1.82) is 0 Å². The first-order chi connectivity index (χ1) is 11.5. The molecule has 0 bridgehead atoms. The van der Waals surface area contributed by atoms with E-state index < -0.39 is 16.1 Å². The molecule has 1 atom stereocenters. The number of hydrogen-bond donors (Lipinski definition) is 1. The van der Waals surface area contributed by atoms with Crippen LogP contribution in [0.25, 0.3) is 0 Å². The Balaban J connectivity index is 1.97. The van der Waals surface area contributed by atoms with Gasteiger partial charge in [0.2, 0.25) is 10.0 Å². The fourth-order valence-corrected chi connectivity index (χ4v) is 3.58. The Morgan fingerprint density at radius 3 is 2.21 bits per heavy atom. The van der Waals surface area contributed by atoms with Gasteiger partial charge in [0.15, 0.2) is 0 Å². The van der Waals surface area contributed by atoms with Gasteiger partial charge in [-0.3, -0.25) is 0 Å². The fourth-order valence-electron chi connectivity index (χ4n) is 2.36. The van der Waals surface area contributed by atoms with Crippen molar-refractivity contribution in [3.8, 4) is 0 Å². The largest absolute Gasteiger partial charge is 0.472 e. The first-order valence-corrected chi connectivity index (χ1v) is 8.80. The molecule has 1 N–H and O–H groups in total. The summed E-state index contributed by atoms with van der Waals surface area (Å²) in [5.74, 6) is -0.383. The minimum atomic E-state index is -3.75. The SMILES string of the molecule is Cc1ccc(S(=O)(=O)N[C@H](c2ccc(F)cc2)c2ccoc2)cc1. The van der Waals surface area contributed by atoms with Crippen LogP contribution in [0.15, 0.2) is 76.4 Å². The zero-order chi connectivity index (χ0) is 17.2. The zero-order valence-electron chi connectivity index (χ0n) is 12.9. The number of nitrogens with one attached hydrogen (secondary N) is 1. The van der Waals surface area contributed by atoms with Gasteiger partial charge in [0.25, 0.3) is 0 Å². The molecular weight excluding hydrogens is 329 g/mol. The van der Waals surface area contributed by atoms with Crippen molar-refractivity contribution >= 4 is 10.0 Å². The smallest absolute Gasteiger partial charge is 0.241 e. The second-order valence-electron chi connectivity index (χ2n) is 5.48. The normalized spacial score (nSPS) is 12.9. The van der Waals surface area contributed by atoms with Gasteiger partial charge in [0.1, 0.15) is 5.82 Å². The van der Waals surface area contributed by atoms with Gasteiger partial charge >= 0.3 is 0 Å². The Kier molecular flexibility index (Phi) is 4.51. The van der Waals surface area contributed by atoms with Crippen LogP contribution in [0.5, 0.6) is 0 Å². The van der Waals surface area contributed by atoms with Gasteiger partial charge in [-0.05, 0) is 42.8 Å². The van der Waals surface area contributed by atoms with Crippen molar-refractivity contribution in [3.63, 3.8) is 0 Å². The second-order valence-corrected chi connectivity index (χ2v) is 7.19. The summed E-state index contributed by atoms with van der Waals surface area (Å²) < 4.78 is 46.2. The summed E-state index contributed by atoms with van der Waals surface area (Å²) in [6.45, 7) is 1.89. The molecule has 0 radical (unpaired) electrons. The molecule has 124 valence electrons. The van der Waals surface area contributed by atoms with Crippen LogP contribution in [0, 0.1) is 12.7 Å². The number of aryl methyl sites for hydroxylation is 1. The minimum absolute atomic E-state index is 0.170. The number of rotatable bonds is 5. The van der Waals surface area contributed by atoms with E-state index in [0.29, 0.717) is 11.1 Å². The molecule has 3 aromatic rings. The van der Waals surface area contributed by atoms with E-state index in [2.05, 4.69) is 4.72 Å². The van der Waals surface area contributed by atoms with Crippen LogP contribution in [0.4, 0.5) is 4.39 Å². The Labute approximate surface area is 140 Å². The van der Waals surface area contributed by atoms with E-state index >= 15 is 0 Å². The third-order valence-electron chi connectivity index (χ3n) is 3.68. The Bertz CT molecular complexity index is 902. The molecule has 0 saturated heterocycles. The van der Waals surface area contributed by atoms with Gasteiger partial charge in [0, 0.05) is 5.56 Å². The highest BCUT2D eigenvalue weighted by Gasteiger charge is 2.23. The fraction of sp³-hybridized carbons (Fsp3) is 0.111. The molecule has 0 saturated carbocycles. The van der Waals surface area contributed by atoms with Gasteiger partial charge < -0.3 is 4.42 Å². The highest BCUT2D eigenvalue weighted by Crippen LogP contribution is 2.25. The zero-order valence-corrected chi connectivity index (χ0v) is 13.8. The van der Waals surface area contributed by atoms with Gasteiger partial charge in [-0.2, -0.15) is 4.72 Å². The number of hydrogen-bond acceptors (Lipinski definition) is 3. The number of benzene rings is 2. The molecule has 1 heterocycles. The molecule has 0 aliphatic rings. The standard InChI is InChI=1S/C18H16FNO3S/c1-13-2-8-17(9-3-13)24(21,22)20-18(15-10-11-23-12-15)14-4-6-16(19)7-5-14/h2-12,18,20H,1H3/t18-/m1/s1. The predicted octanol–water partition coefficient (Wildman–Crippen LogP) is 3.80. The maximum Gasteiger partial charge on any atom is 0.241 e. The van der Waals surface area contributed by atoms with Gasteiger partial charge in [-0.25, -0.2) is 12.8 Å². The van der Waals surface area contributed by atoms with Gasteiger partial charge in [0.05, 0.1) is 23.5 Å². The van der Waals surface area contributed by atoms with Crippen molar-refractivity contribution in [2.45, 2.75) is 17.9 Å². The molecule has 24 heavy (non-hydrogen) atoms. The Morgan fingerprint density at radius 2 is 1.62 bits per heavy atom. The van der Waals surface area contributed by atoms with Crippen LogP contribution in [0.3, 0.4) is 0 Å². The van der Waals surface area contributed by atoms with E-state index in [1.807, 2.05) is 6.92 Å². The lowest BCUT2D eigenvalue weighted by atomic mass is 10.0. The highest BCUT2D eigenvalue weighted by atomic mass is 32.2. The van der Waals surface area contributed by atoms with E-state index in [1.54, 1.807) is 42.5 Å². The monoisotopic (exact) mass is 345 g/mol. The van der Waals surface area contributed by atoms with Crippen molar-refractivity contribution in [2.24, 2.45) is 0 Å². The molecule has 0 aliphatic carbocycles. The molecule has 0 aliphatic heterocycles. The minimum Gasteiger partial charge on any atom is -0.472 e. The molecule has 1 aromatic heterocycles. The second kappa shape index (κ2) is 6.59. The molecular formula is C18H16FNO3S. The molecule has 3 rings (SSSR count). The summed E-state index contributed by atoms with van der Waals surface area (Å²) in [6, 6.07) is 13.3. The predicted molar refractivity (Wildman–Crippen MR) is 88.5 cm³/mol. The van der Waals surface area contributed by atoms with Crippen LogP contribution in [0.1, 0.15) is 22.7 Å². The third kappa shape index (κ3) is 3.55. The van der Waals surface area contributed by atoms with Crippen molar-refractivity contribution in [1.82, 2.24) is 4.72 Å². The van der Waals surface area contributed by atoms with E-state index in [-0.39, 0.29) is 10.7 Å². The highest BCUT2D eigenvalue weighted by molar-refractivity contribution is 7.89. The number of furan rings is 1. The molecule has 0 amide bonds. The molecule has 6 heteroatoms. The van der Waals surface area contributed by atoms with E-state index in [9.17, 15) is 12.8 Å². The first-order valence-electron chi connectivity index (χ1n) is 7.32. The lowest BCUT2D eigenvalue weighted by molar-refractivity contribution is 0.554. The van der Waals surface area contributed by atoms with E-state index in [1.165, 1.54) is 24.7 Å². The topological polar surface area (TPSA) is 59.3 Å². The number of sulfonamides is 1. The summed E-state index contributed by atoms with van der Waals surface area (Å²) in [5, 5.41) is 0. The van der Waals surface area contributed by atoms with Crippen LogP contribution in [-0.2, 0) is 10.0 Å². The average Bonchev–Trinajstić information content (AvgIpc) is 3.08. The van der Waals surface area contributed by atoms with E-state index in [0.717, 1.165) is 5.56 Å². The summed E-state index contributed by atoms with van der Waals surface area (Å²) in [6.07, 6.45) is 2.93.